The van der Waals surface area contributed by atoms with E-state index in [-0.39, 0.29) is 11.7 Å². The molecule has 0 spiro atoms. The first-order valence-electron chi connectivity index (χ1n) is 11.0. The fraction of sp³-hybridized carbons (Fsp3) is 0.259. The van der Waals surface area contributed by atoms with Gasteiger partial charge in [-0.1, -0.05) is 43.6 Å². The van der Waals surface area contributed by atoms with E-state index in [1.807, 2.05) is 24.3 Å². The van der Waals surface area contributed by atoms with E-state index in [2.05, 4.69) is 32.0 Å². The molecule has 3 aromatic carbocycles. The minimum absolute atomic E-state index is 0.0497. The summed E-state index contributed by atoms with van der Waals surface area (Å²) in [7, 11) is 1.79. The molecule has 1 heterocycles. The number of phenols is 1. The summed E-state index contributed by atoms with van der Waals surface area (Å²) < 4.78 is 0. The first-order chi connectivity index (χ1) is 15.4. The Balaban J connectivity index is 1.87. The number of benzene rings is 3. The van der Waals surface area contributed by atoms with Gasteiger partial charge in [0.2, 0.25) is 0 Å². The Kier molecular flexibility index (Phi) is 6.33. The molecule has 4 rings (SSSR count). The Morgan fingerprint density at radius 3 is 2.41 bits per heavy atom. The summed E-state index contributed by atoms with van der Waals surface area (Å²) in [5.74, 6) is 0.134. The third-order valence-electron chi connectivity index (χ3n) is 6.13. The van der Waals surface area contributed by atoms with Crippen molar-refractivity contribution in [3.05, 3.63) is 93.5 Å². The van der Waals surface area contributed by atoms with Crippen molar-refractivity contribution in [2.45, 2.75) is 39.2 Å². The van der Waals surface area contributed by atoms with Crippen LogP contribution in [-0.4, -0.2) is 29.8 Å². The van der Waals surface area contributed by atoms with Crippen molar-refractivity contribution >= 4 is 28.9 Å². The summed E-state index contributed by atoms with van der Waals surface area (Å²) in [6, 6.07) is 18.2. The molecule has 0 saturated heterocycles. The summed E-state index contributed by atoms with van der Waals surface area (Å²) in [5, 5.41) is 10.3. The molecule has 0 radical (unpaired) electrons. The van der Waals surface area contributed by atoms with E-state index in [0.29, 0.717) is 17.2 Å². The Hall–Kier alpha value is -3.11. The molecule has 1 unspecified atom stereocenters. The van der Waals surface area contributed by atoms with Crippen LogP contribution >= 0.6 is 11.6 Å². The van der Waals surface area contributed by atoms with Gasteiger partial charge in [0.1, 0.15) is 11.8 Å². The summed E-state index contributed by atoms with van der Waals surface area (Å²) in [6.45, 7) is 4.31. The minimum Gasteiger partial charge on any atom is -0.508 e. The standard InChI is InChI=1S/C27H27ClN2O2/c1-4-17-7-6-8-19(22(17)5-2)15-24-27(32)30(3)25-14-11-20(28)16-23(25)26(29-24)18-9-12-21(31)13-10-18/h6-14,16,24,31H,4-5,15H2,1-3H3. The average molecular weight is 447 g/mol. The normalized spacial score (nSPS) is 15.9. The molecular formula is C27H27ClN2O2. The van der Waals surface area contributed by atoms with Gasteiger partial charge in [0.05, 0.1) is 11.4 Å². The summed E-state index contributed by atoms with van der Waals surface area (Å²) in [6.07, 6.45) is 2.41. The molecule has 0 fully saturated rings. The Morgan fingerprint density at radius 1 is 1.00 bits per heavy atom. The molecule has 164 valence electrons. The van der Waals surface area contributed by atoms with Crippen LogP contribution in [0.25, 0.3) is 0 Å². The van der Waals surface area contributed by atoms with Gasteiger partial charge >= 0.3 is 0 Å². The van der Waals surface area contributed by atoms with Crippen molar-refractivity contribution in [3.63, 3.8) is 0 Å². The molecule has 5 heteroatoms. The number of hydrogen-bond acceptors (Lipinski definition) is 3. The SMILES string of the molecule is CCc1cccc(CC2N=C(c3ccc(O)cc3)c3cc(Cl)ccc3N(C)C2=O)c1CC. The van der Waals surface area contributed by atoms with E-state index in [0.717, 1.165) is 35.2 Å². The van der Waals surface area contributed by atoms with E-state index < -0.39 is 6.04 Å². The predicted octanol–water partition coefficient (Wildman–Crippen LogP) is 5.60. The number of rotatable bonds is 5. The Labute approximate surface area is 194 Å². The van der Waals surface area contributed by atoms with Gasteiger partial charge in [0, 0.05) is 29.6 Å². The number of aromatic hydroxyl groups is 1. The van der Waals surface area contributed by atoms with E-state index in [1.165, 1.54) is 11.1 Å². The van der Waals surface area contributed by atoms with Crippen molar-refractivity contribution in [2.75, 3.05) is 11.9 Å². The van der Waals surface area contributed by atoms with Crippen molar-refractivity contribution in [2.24, 2.45) is 4.99 Å². The van der Waals surface area contributed by atoms with Crippen LogP contribution < -0.4 is 4.90 Å². The Morgan fingerprint density at radius 2 is 1.72 bits per heavy atom. The predicted molar refractivity (Wildman–Crippen MR) is 131 cm³/mol. The van der Waals surface area contributed by atoms with Gasteiger partial charge in [-0.05, 0) is 72.0 Å². The lowest BCUT2D eigenvalue weighted by Crippen LogP contribution is -2.36. The third kappa shape index (κ3) is 4.15. The van der Waals surface area contributed by atoms with E-state index in [4.69, 9.17) is 16.6 Å². The van der Waals surface area contributed by atoms with Crippen LogP contribution in [0, 0.1) is 0 Å². The zero-order chi connectivity index (χ0) is 22.8. The number of halogens is 1. The van der Waals surface area contributed by atoms with Crippen LogP contribution in [0.3, 0.4) is 0 Å². The maximum absolute atomic E-state index is 13.5. The van der Waals surface area contributed by atoms with Gasteiger partial charge in [-0.2, -0.15) is 0 Å². The van der Waals surface area contributed by atoms with Gasteiger partial charge in [0.15, 0.2) is 0 Å². The number of carbonyl (C=O) groups is 1. The number of fused-ring (bicyclic) bond motifs is 1. The number of benzodiazepines with no additional fused rings is 1. The lowest BCUT2D eigenvalue weighted by molar-refractivity contribution is -0.119. The molecule has 0 aliphatic carbocycles. The van der Waals surface area contributed by atoms with Crippen LogP contribution in [-0.2, 0) is 24.1 Å². The number of likely N-dealkylation sites (N-methyl/N-ethyl adjacent to an activating group) is 1. The maximum atomic E-state index is 13.5. The van der Waals surface area contributed by atoms with Gasteiger partial charge in [0.25, 0.3) is 5.91 Å². The number of hydrogen-bond donors (Lipinski definition) is 1. The number of carbonyl (C=O) groups excluding carboxylic acids is 1. The fourth-order valence-electron chi connectivity index (χ4n) is 4.47. The highest BCUT2D eigenvalue weighted by atomic mass is 35.5. The third-order valence-corrected chi connectivity index (χ3v) is 6.37. The first kappa shape index (κ1) is 22.1. The van der Waals surface area contributed by atoms with Crippen molar-refractivity contribution < 1.29 is 9.90 Å². The van der Waals surface area contributed by atoms with Crippen LogP contribution in [0.1, 0.15) is 41.7 Å². The maximum Gasteiger partial charge on any atom is 0.251 e. The van der Waals surface area contributed by atoms with Gasteiger partial charge in [-0.25, -0.2) is 0 Å². The largest absolute Gasteiger partial charge is 0.508 e. The van der Waals surface area contributed by atoms with E-state index in [1.54, 1.807) is 30.1 Å². The molecule has 4 nitrogen and oxygen atoms in total. The summed E-state index contributed by atoms with van der Waals surface area (Å²) in [5.41, 5.74) is 6.89. The van der Waals surface area contributed by atoms with Gasteiger partial charge < -0.3 is 10.0 Å². The minimum atomic E-state index is -0.563. The molecule has 32 heavy (non-hydrogen) atoms. The number of amides is 1. The molecule has 0 saturated carbocycles. The fourth-order valence-corrected chi connectivity index (χ4v) is 4.64. The molecule has 1 amide bonds. The van der Waals surface area contributed by atoms with Crippen LogP contribution in [0.2, 0.25) is 5.02 Å². The Bertz CT molecular complexity index is 1180. The molecule has 1 N–H and O–H groups in total. The second-order valence-electron chi connectivity index (χ2n) is 8.07. The first-order valence-corrected chi connectivity index (χ1v) is 11.3. The molecule has 0 bridgehead atoms. The average Bonchev–Trinajstić information content (AvgIpc) is 2.90. The second-order valence-corrected chi connectivity index (χ2v) is 8.50. The zero-order valence-corrected chi connectivity index (χ0v) is 19.4. The number of aliphatic imine (C=N–C) groups is 1. The van der Waals surface area contributed by atoms with Crippen LogP contribution in [0.5, 0.6) is 5.75 Å². The smallest absolute Gasteiger partial charge is 0.251 e. The number of nitrogens with zero attached hydrogens (tertiary/aromatic N) is 2. The lowest BCUT2D eigenvalue weighted by atomic mass is 9.93. The van der Waals surface area contributed by atoms with E-state index >= 15 is 0 Å². The molecule has 1 aliphatic rings. The van der Waals surface area contributed by atoms with Crippen molar-refractivity contribution in [3.8, 4) is 5.75 Å². The van der Waals surface area contributed by atoms with Crippen LogP contribution in [0.15, 0.2) is 65.7 Å². The highest BCUT2D eigenvalue weighted by Crippen LogP contribution is 2.32. The molecule has 3 aromatic rings. The van der Waals surface area contributed by atoms with Crippen molar-refractivity contribution in [1.82, 2.24) is 0 Å². The lowest BCUT2D eigenvalue weighted by Gasteiger charge is -2.21. The number of anilines is 1. The molecule has 1 aliphatic heterocycles. The molecule has 0 aromatic heterocycles. The highest BCUT2D eigenvalue weighted by molar-refractivity contribution is 6.32. The van der Waals surface area contributed by atoms with Crippen LogP contribution in [0.4, 0.5) is 5.69 Å². The quantitative estimate of drug-likeness (QED) is 0.555. The second kappa shape index (κ2) is 9.17. The number of phenolic OH excluding ortho intramolecular Hbond substituents is 1. The van der Waals surface area contributed by atoms with Gasteiger partial charge in [-0.3, -0.25) is 9.79 Å². The summed E-state index contributed by atoms with van der Waals surface area (Å²) >= 11 is 6.33. The summed E-state index contributed by atoms with van der Waals surface area (Å²) in [4.78, 5) is 20.2. The molecular weight excluding hydrogens is 420 g/mol. The highest BCUT2D eigenvalue weighted by Gasteiger charge is 2.31. The van der Waals surface area contributed by atoms with Crippen molar-refractivity contribution in [1.29, 1.82) is 0 Å². The van der Waals surface area contributed by atoms with E-state index in [9.17, 15) is 9.90 Å². The zero-order valence-electron chi connectivity index (χ0n) is 18.6. The monoisotopic (exact) mass is 446 g/mol. The topological polar surface area (TPSA) is 52.9 Å². The van der Waals surface area contributed by atoms with Gasteiger partial charge in [-0.15, -0.1) is 0 Å². The molecule has 1 atom stereocenters. The number of aryl methyl sites for hydroxylation is 1.